The lowest BCUT2D eigenvalue weighted by Crippen LogP contribution is -2.22. The van der Waals surface area contributed by atoms with Crippen LogP contribution in [0.5, 0.6) is 0 Å². The molecule has 0 aliphatic carbocycles. The molecule has 0 aliphatic heterocycles. The number of hydrogen-bond donors (Lipinski definition) is 3. The number of halogens is 2. The fourth-order valence-electron chi connectivity index (χ4n) is 1.42. The molecule has 0 bridgehead atoms. The molecule has 17 heavy (non-hydrogen) atoms. The zero-order chi connectivity index (χ0) is 13.0. The van der Waals surface area contributed by atoms with E-state index in [2.05, 4.69) is 5.32 Å². The predicted molar refractivity (Wildman–Crippen MR) is 68.4 cm³/mol. The molecule has 0 heterocycles. The van der Waals surface area contributed by atoms with Crippen molar-refractivity contribution in [3.05, 3.63) is 28.3 Å². The second-order valence-corrected chi connectivity index (χ2v) is 4.38. The van der Waals surface area contributed by atoms with E-state index in [9.17, 15) is 9.90 Å². The number of aliphatic hydroxyl groups excluding tert-OH is 1. The molecule has 4 nitrogen and oxygen atoms in total. The third-order valence-corrected chi connectivity index (χ3v) is 2.80. The van der Waals surface area contributed by atoms with Crippen LogP contribution in [0.3, 0.4) is 0 Å². The molecule has 0 saturated heterocycles. The number of aliphatic hydroxyl groups is 1. The number of alkyl halides is 1. The molecule has 1 aromatic carbocycles. The summed E-state index contributed by atoms with van der Waals surface area (Å²) in [6.45, 7) is 1.93. The van der Waals surface area contributed by atoms with Crippen LogP contribution < -0.4 is 5.32 Å². The average Bonchev–Trinajstić information content (AvgIpc) is 2.26. The van der Waals surface area contributed by atoms with Crippen LogP contribution in [0.25, 0.3) is 0 Å². The Morgan fingerprint density at radius 2 is 2.18 bits per heavy atom. The Balaban J connectivity index is 3.00. The van der Waals surface area contributed by atoms with Crippen molar-refractivity contribution in [1.29, 1.82) is 0 Å². The summed E-state index contributed by atoms with van der Waals surface area (Å²) in [5.74, 6) is -0.986. The molecule has 0 aliphatic rings. The first-order chi connectivity index (χ1) is 7.95. The highest BCUT2D eigenvalue weighted by molar-refractivity contribution is 6.31. The number of carboxylic acids is 1. The number of aromatic carboxylic acids is 1. The molecule has 6 heteroatoms. The highest BCUT2D eigenvalue weighted by atomic mass is 35.5. The number of carbonyl (C=O) groups is 1. The molecule has 0 aromatic heterocycles. The maximum atomic E-state index is 11.1. The quantitative estimate of drug-likeness (QED) is 0.723. The third kappa shape index (κ3) is 3.77. The van der Waals surface area contributed by atoms with Crippen LogP contribution in [0.4, 0.5) is 5.69 Å². The summed E-state index contributed by atoms with van der Waals surface area (Å²) in [5, 5.41) is 21.6. The first-order valence-electron chi connectivity index (χ1n) is 4.97. The first kappa shape index (κ1) is 14.1. The van der Waals surface area contributed by atoms with Gasteiger partial charge in [0.15, 0.2) is 0 Å². The maximum Gasteiger partial charge on any atom is 0.337 e. The van der Waals surface area contributed by atoms with E-state index >= 15 is 0 Å². The van der Waals surface area contributed by atoms with Gasteiger partial charge in [0.05, 0.1) is 23.2 Å². The highest BCUT2D eigenvalue weighted by Gasteiger charge is 2.14. The monoisotopic (exact) mass is 277 g/mol. The Labute approximate surface area is 109 Å². The molecular formula is C11H13Cl2NO3. The molecule has 0 radical (unpaired) electrons. The van der Waals surface area contributed by atoms with E-state index in [-0.39, 0.29) is 18.0 Å². The summed E-state index contributed by atoms with van der Waals surface area (Å²) in [6.07, 6.45) is -0.728. The smallest absolute Gasteiger partial charge is 0.337 e. The lowest BCUT2D eigenvalue weighted by molar-refractivity contribution is 0.0697. The SMILES string of the molecule is Cc1cc(Cl)cc(C(=O)O)c1NCC(O)CCl. The van der Waals surface area contributed by atoms with Crippen LogP contribution in [0, 0.1) is 6.92 Å². The topological polar surface area (TPSA) is 69.6 Å². The normalized spacial score (nSPS) is 12.2. The third-order valence-electron chi connectivity index (χ3n) is 2.22. The molecule has 1 atom stereocenters. The second-order valence-electron chi connectivity index (χ2n) is 3.64. The van der Waals surface area contributed by atoms with Gasteiger partial charge in [-0.05, 0) is 24.6 Å². The van der Waals surface area contributed by atoms with Crippen LogP contribution in [-0.4, -0.2) is 34.7 Å². The number of rotatable bonds is 5. The summed E-state index contributed by atoms with van der Waals surface area (Å²) in [7, 11) is 0. The molecule has 0 saturated carbocycles. The van der Waals surface area contributed by atoms with Crippen LogP contribution in [-0.2, 0) is 0 Å². The van der Waals surface area contributed by atoms with Gasteiger partial charge in [0.25, 0.3) is 0 Å². The minimum Gasteiger partial charge on any atom is -0.478 e. The van der Waals surface area contributed by atoms with Crippen LogP contribution in [0.15, 0.2) is 12.1 Å². The van der Waals surface area contributed by atoms with E-state index in [1.165, 1.54) is 6.07 Å². The van der Waals surface area contributed by atoms with Gasteiger partial charge in [0.1, 0.15) is 0 Å². The predicted octanol–water partition coefficient (Wildman–Crippen LogP) is 2.36. The maximum absolute atomic E-state index is 11.1. The Morgan fingerprint density at radius 3 is 2.71 bits per heavy atom. The van der Waals surface area contributed by atoms with Crippen molar-refractivity contribution in [3.8, 4) is 0 Å². The average molecular weight is 278 g/mol. The first-order valence-corrected chi connectivity index (χ1v) is 5.88. The standard InChI is InChI=1S/C11H13Cl2NO3/c1-6-2-7(13)3-9(11(16)17)10(6)14-5-8(15)4-12/h2-3,8,14-15H,4-5H2,1H3,(H,16,17). The summed E-state index contributed by atoms with van der Waals surface area (Å²) in [6, 6.07) is 3.02. The van der Waals surface area contributed by atoms with Gasteiger partial charge in [-0.1, -0.05) is 11.6 Å². The van der Waals surface area contributed by atoms with Gasteiger partial charge < -0.3 is 15.5 Å². The molecule has 0 spiro atoms. The Morgan fingerprint density at radius 1 is 1.53 bits per heavy atom. The lowest BCUT2D eigenvalue weighted by Gasteiger charge is -2.15. The molecule has 0 amide bonds. The molecule has 0 fully saturated rings. The molecule has 1 aromatic rings. The van der Waals surface area contributed by atoms with Gasteiger partial charge in [0, 0.05) is 11.6 Å². The molecule has 3 N–H and O–H groups in total. The zero-order valence-corrected chi connectivity index (χ0v) is 10.7. The van der Waals surface area contributed by atoms with Gasteiger partial charge in [-0.25, -0.2) is 4.79 Å². The van der Waals surface area contributed by atoms with Gasteiger partial charge in [-0.3, -0.25) is 0 Å². The highest BCUT2D eigenvalue weighted by Crippen LogP contribution is 2.25. The Bertz CT molecular complexity index is 423. The Kier molecular flexibility index (Phi) is 5.05. The fourth-order valence-corrected chi connectivity index (χ4v) is 1.80. The molecular weight excluding hydrogens is 265 g/mol. The van der Waals surface area contributed by atoms with E-state index in [0.29, 0.717) is 16.3 Å². The van der Waals surface area contributed by atoms with Gasteiger partial charge in [-0.15, -0.1) is 11.6 Å². The number of nitrogens with one attached hydrogen (secondary N) is 1. The van der Waals surface area contributed by atoms with Crippen molar-refractivity contribution in [2.45, 2.75) is 13.0 Å². The minimum atomic E-state index is -1.07. The number of carboxylic acid groups (broad SMARTS) is 1. The van der Waals surface area contributed by atoms with E-state index in [1.54, 1.807) is 13.0 Å². The van der Waals surface area contributed by atoms with Crippen molar-refractivity contribution >= 4 is 34.9 Å². The number of aryl methyl sites for hydroxylation is 1. The summed E-state index contributed by atoms with van der Waals surface area (Å²) < 4.78 is 0. The van der Waals surface area contributed by atoms with E-state index < -0.39 is 12.1 Å². The zero-order valence-electron chi connectivity index (χ0n) is 9.20. The van der Waals surface area contributed by atoms with E-state index in [1.807, 2.05) is 0 Å². The van der Waals surface area contributed by atoms with Crippen molar-refractivity contribution in [1.82, 2.24) is 0 Å². The van der Waals surface area contributed by atoms with E-state index in [0.717, 1.165) is 0 Å². The summed E-state index contributed by atoms with van der Waals surface area (Å²) >= 11 is 11.3. The van der Waals surface area contributed by atoms with Crippen LogP contribution >= 0.6 is 23.2 Å². The number of benzene rings is 1. The minimum absolute atomic E-state index is 0.0803. The van der Waals surface area contributed by atoms with Crippen LogP contribution in [0.1, 0.15) is 15.9 Å². The second kappa shape index (κ2) is 6.10. The van der Waals surface area contributed by atoms with Gasteiger partial charge in [-0.2, -0.15) is 0 Å². The molecule has 94 valence electrons. The molecule has 1 unspecified atom stereocenters. The number of hydrogen-bond acceptors (Lipinski definition) is 3. The van der Waals surface area contributed by atoms with Crippen LogP contribution in [0.2, 0.25) is 5.02 Å². The van der Waals surface area contributed by atoms with E-state index in [4.69, 9.17) is 28.3 Å². The largest absolute Gasteiger partial charge is 0.478 e. The molecule has 1 rings (SSSR count). The van der Waals surface area contributed by atoms with Gasteiger partial charge >= 0.3 is 5.97 Å². The Hall–Kier alpha value is -0.970. The fraction of sp³-hybridized carbons (Fsp3) is 0.364. The van der Waals surface area contributed by atoms with Crippen molar-refractivity contribution < 1.29 is 15.0 Å². The van der Waals surface area contributed by atoms with Crippen molar-refractivity contribution in [3.63, 3.8) is 0 Å². The van der Waals surface area contributed by atoms with Crippen molar-refractivity contribution in [2.75, 3.05) is 17.7 Å². The van der Waals surface area contributed by atoms with Crippen molar-refractivity contribution in [2.24, 2.45) is 0 Å². The summed E-state index contributed by atoms with van der Waals surface area (Å²) in [5.41, 5.74) is 1.24. The lowest BCUT2D eigenvalue weighted by atomic mass is 10.1. The van der Waals surface area contributed by atoms with Gasteiger partial charge in [0.2, 0.25) is 0 Å². The summed E-state index contributed by atoms with van der Waals surface area (Å²) in [4.78, 5) is 11.1. The number of anilines is 1.